The third kappa shape index (κ3) is 1.44. The Hall–Kier alpha value is -1.91. The molecule has 5 heteroatoms. The van der Waals surface area contributed by atoms with Gasteiger partial charge in [-0.3, -0.25) is 0 Å². The van der Waals surface area contributed by atoms with Crippen LogP contribution in [0.1, 0.15) is 5.82 Å². The molecule has 0 amide bonds. The van der Waals surface area contributed by atoms with Gasteiger partial charge >= 0.3 is 0 Å². The highest BCUT2D eigenvalue weighted by atomic mass is 19.1. The molecule has 0 unspecified atom stereocenters. The predicted octanol–water partition coefficient (Wildman–Crippen LogP) is 2.26. The van der Waals surface area contributed by atoms with Crippen molar-refractivity contribution in [2.75, 3.05) is 5.73 Å². The maximum absolute atomic E-state index is 13.5. The molecule has 2 rings (SSSR count). The number of imidazole rings is 1. The van der Waals surface area contributed by atoms with E-state index in [2.05, 4.69) is 4.98 Å². The molecule has 0 aliphatic heterocycles. The van der Waals surface area contributed by atoms with Crippen molar-refractivity contribution in [2.45, 2.75) is 6.92 Å². The topological polar surface area (TPSA) is 43.8 Å². The van der Waals surface area contributed by atoms with Crippen molar-refractivity contribution in [3.8, 4) is 11.3 Å². The van der Waals surface area contributed by atoms with E-state index in [0.29, 0.717) is 5.82 Å². The fraction of sp³-hybridized carbons (Fsp3) is 0.182. The molecule has 3 nitrogen and oxygen atoms in total. The fourth-order valence-corrected chi connectivity index (χ4v) is 1.54. The number of hydrogen-bond donors (Lipinski definition) is 1. The number of nitrogen functional groups attached to an aromatic ring is 1. The van der Waals surface area contributed by atoms with E-state index in [1.807, 2.05) is 0 Å². The van der Waals surface area contributed by atoms with Gasteiger partial charge in [-0.05, 0) is 19.1 Å². The van der Waals surface area contributed by atoms with Crippen LogP contribution in [-0.2, 0) is 7.05 Å². The van der Waals surface area contributed by atoms with Crippen molar-refractivity contribution in [1.82, 2.24) is 9.55 Å². The lowest BCUT2D eigenvalue weighted by atomic mass is 10.1. The number of nitrogens with two attached hydrogens (primary N) is 1. The first-order valence-electron chi connectivity index (χ1n) is 4.75. The number of aryl methyl sites for hydroxylation is 1. The monoisotopic (exact) mass is 223 g/mol. The molecule has 1 heterocycles. The Morgan fingerprint density at radius 3 is 2.25 bits per heavy atom. The largest absolute Gasteiger partial charge is 0.383 e. The number of anilines is 1. The van der Waals surface area contributed by atoms with Crippen LogP contribution in [0.2, 0.25) is 0 Å². The summed E-state index contributed by atoms with van der Waals surface area (Å²) >= 11 is 0. The van der Waals surface area contributed by atoms with Crippen LogP contribution < -0.4 is 5.73 Å². The standard InChI is InChI=1S/C11H11F2N3/c1-6-15-10(11(14)16(6)2)9-7(12)4-3-5-8(9)13/h3-5H,14H2,1-2H3. The minimum atomic E-state index is -0.662. The fourth-order valence-electron chi connectivity index (χ4n) is 1.54. The van der Waals surface area contributed by atoms with Gasteiger partial charge in [0.15, 0.2) is 0 Å². The number of nitrogens with zero attached hydrogens (tertiary/aromatic N) is 2. The van der Waals surface area contributed by atoms with Crippen LogP contribution in [0.4, 0.5) is 14.6 Å². The van der Waals surface area contributed by atoms with E-state index in [4.69, 9.17) is 5.73 Å². The number of hydrogen-bond acceptors (Lipinski definition) is 2. The average molecular weight is 223 g/mol. The van der Waals surface area contributed by atoms with Crippen molar-refractivity contribution >= 4 is 5.82 Å². The normalized spacial score (nSPS) is 10.8. The second kappa shape index (κ2) is 3.59. The molecule has 0 aliphatic rings. The molecule has 0 aliphatic carbocycles. The predicted molar refractivity (Wildman–Crippen MR) is 57.7 cm³/mol. The first kappa shape index (κ1) is 10.6. The van der Waals surface area contributed by atoms with E-state index in [1.54, 1.807) is 18.5 Å². The molecule has 2 aromatic rings. The summed E-state index contributed by atoms with van der Waals surface area (Å²) in [4.78, 5) is 4.06. The van der Waals surface area contributed by atoms with E-state index in [9.17, 15) is 8.78 Å². The van der Waals surface area contributed by atoms with Crippen LogP contribution in [0.25, 0.3) is 11.3 Å². The Labute approximate surface area is 91.5 Å². The lowest BCUT2D eigenvalue weighted by Gasteiger charge is -2.03. The summed E-state index contributed by atoms with van der Waals surface area (Å²) in [6.45, 7) is 1.72. The molecular weight excluding hydrogens is 212 g/mol. The number of aromatic nitrogens is 2. The Morgan fingerprint density at radius 1 is 1.25 bits per heavy atom. The van der Waals surface area contributed by atoms with Gasteiger partial charge < -0.3 is 10.3 Å². The van der Waals surface area contributed by atoms with Gasteiger partial charge in [0.05, 0.1) is 5.56 Å². The molecule has 0 fully saturated rings. The molecule has 84 valence electrons. The Kier molecular flexibility index (Phi) is 2.38. The van der Waals surface area contributed by atoms with Crippen LogP contribution in [0, 0.1) is 18.6 Å². The van der Waals surface area contributed by atoms with E-state index in [-0.39, 0.29) is 17.1 Å². The van der Waals surface area contributed by atoms with E-state index >= 15 is 0 Å². The molecule has 16 heavy (non-hydrogen) atoms. The zero-order chi connectivity index (χ0) is 11.9. The van der Waals surface area contributed by atoms with Gasteiger partial charge in [0, 0.05) is 7.05 Å². The molecule has 0 saturated heterocycles. The lowest BCUT2D eigenvalue weighted by molar-refractivity contribution is 0.589. The maximum Gasteiger partial charge on any atom is 0.135 e. The summed E-state index contributed by atoms with van der Waals surface area (Å²) in [6.07, 6.45) is 0. The summed E-state index contributed by atoms with van der Waals surface area (Å²) in [5.74, 6) is -0.466. The summed E-state index contributed by atoms with van der Waals surface area (Å²) < 4.78 is 28.6. The van der Waals surface area contributed by atoms with Gasteiger partial charge in [-0.2, -0.15) is 0 Å². The lowest BCUT2D eigenvalue weighted by Crippen LogP contribution is -1.99. The number of halogens is 2. The highest BCUT2D eigenvalue weighted by molar-refractivity contribution is 5.71. The van der Waals surface area contributed by atoms with Crippen molar-refractivity contribution in [1.29, 1.82) is 0 Å². The number of rotatable bonds is 1. The molecule has 2 N–H and O–H groups in total. The van der Waals surface area contributed by atoms with Gasteiger partial charge in [-0.15, -0.1) is 0 Å². The van der Waals surface area contributed by atoms with Gasteiger partial charge in [-0.25, -0.2) is 13.8 Å². The first-order valence-corrected chi connectivity index (χ1v) is 4.75. The molecule has 0 saturated carbocycles. The molecular formula is C11H11F2N3. The van der Waals surface area contributed by atoms with Crippen LogP contribution in [0.15, 0.2) is 18.2 Å². The molecule has 0 atom stereocenters. The Bertz CT molecular complexity index is 526. The van der Waals surface area contributed by atoms with Crippen LogP contribution >= 0.6 is 0 Å². The molecule has 0 spiro atoms. The average Bonchev–Trinajstić information content (AvgIpc) is 2.47. The second-order valence-electron chi connectivity index (χ2n) is 3.55. The summed E-state index contributed by atoms with van der Waals surface area (Å²) in [7, 11) is 1.69. The first-order chi connectivity index (χ1) is 7.52. The van der Waals surface area contributed by atoms with Crippen molar-refractivity contribution in [3.63, 3.8) is 0 Å². The minimum absolute atomic E-state index is 0.149. The maximum atomic E-state index is 13.5. The van der Waals surface area contributed by atoms with Gasteiger partial charge in [0.2, 0.25) is 0 Å². The van der Waals surface area contributed by atoms with Crippen molar-refractivity contribution in [3.05, 3.63) is 35.7 Å². The van der Waals surface area contributed by atoms with Gasteiger partial charge in [0.25, 0.3) is 0 Å². The quantitative estimate of drug-likeness (QED) is 0.805. The van der Waals surface area contributed by atoms with Gasteiger partial charge in [0.1, 0.15) is 29.0 Å². The van der Waals surface area contributed by atoms with Gasteiger partial charge in [-0.1, -0.05) is 6.07 Å². The third-order valence-electron chi connectivity index (χ3n) is 2.56. The summed E-state index contributed by atoms with van der Waals surface area (Å²) in [5.41, 5.74) is 5.71. The van der Waals surface area contributed by atoms with Crippen LogP contribution in [-0.4, -0.2) is 9.55 Å². The summed E-state index contributed by atoms with van der Waals surface area (Å²) in [6, 6.07) is 3.67. The smallest absolute Gasteiger partial charge is 0.135 e. The van der Waals surface area contributed by atoms with E-state index in [0.717, 1.165) is 0 Å². The van der Waals surface area contributed by atoms with Crippen molar-refractivity contribution < 1.29 is 8.78 Å². The molecule has 0 radical (unpaired) electrons. The summed E-state index contributed by atoms with van der Waals surface area (Å²) in [5, 5.41) is 0. The zero-order valence-electron chi connectivity index (χ0n) is 8.96. The van der Waals surface area contributed by atoms with Crippen LogP contribution in [0.3, 0.4) is 0 Å². The van der Waals surface area contributed by atoms with Crippen LogP contribution in [0.5, 0.6) is 0 Å². The molecule has 0 bridgehead atoms. The van der Waals surface area contributed by atoms with E-state index < -0.39 is 11.6 Å². The minimum Gasteiger partial charge on any atom is -0.383 e. The van der Waals surface area contributed by atoms with E-state index in [1.165, 1.54) is 18.2 Å². The molecule has 1 aromatic carbocycles. The Balaban J connectivity index is 2.72. The van der Waals surface area contributed by atoms with Crippen molar-refractivity contribution in [2.24, 2.45) is 7.05 Å². The molecule has 1 aromatic heterocycles. The number of benzene rings is 1. The zero-order valence-corrected chi connectivity index (χ0v) is 8.96. The SMILES string of the molecule is Cc1nc(-c2c(F)cccc2F)c(N)n1C. The second-order valence-corrected chi connectivity index (χ2v) is 3.55. The highest BCUT2D eigenvalue weighted by Crippen LogP contribution is 2.29. The Morgan fingerprint density at radius 2 is 1.81 bits per heavy atom. The third-order valence-corrected chi connectivity index (χ3v) is 2.56. The highest BCUT2D eigenvalue weighted by Gasteiger charge is 2.18.